The summed E-state index contributed by atoms with van der Waals surface area (Å²) in [5.74, 6) is -0.257. The first-order valence-electron chi connectivity index (χ1n) is 4.30. The summed E-state index contributed by atoms with van der Waals surface area (Å²) in [5.41, 5.74) is 0.638. The van der Waals surface area contributed by atoms with Crippen LogP contribution < -0.4 is 0 Å². The van der Waals surface area contributed by atoms with Crippen molar-refractivity contribution < 1.29 is 9.53 Å². The molecule has 0 heterocycles. The van der Waals surface area contributed by atoms with E-state index in [2.05, 4.69) is 0 Å². The summed E-state index contributed by atoms with van der Waals surface area (Å²) in [5, 5.41) is 0. The van der Waals surface area contributed by atoms with Gasteiger partial charge in [0.25, 0.3) is 0 Å². The lowest BCUT2D eigenvalue weighted by Gasteiger charge is -1.99. The van der Waals surface area contributed by atoms with E-state index < -0.39 is 0 Å². The van der Waals surface area contributed by atoms with Crippen LogP contribution in [0, 0.1) is 0 Å². The fraction of sp³-hybridized carbons (Fsp3) is 0.364. The van der Waals surface area contributed by atoms with E-state index in [-0.39, 0.29) is 5.97 Å². The van der Waals surface area contributed by atoms with Gasteiger partial charge in [0.05, 0.1) is 0 Å². The lowest BCUT2D eigenvalue weighted by atomic mass is 10.3. The summed E-state index contributed by atoms with van der Waals surface area (Å²) < 4.78 is 4.91. The minimum Gasteiger partial charge on any atom is -0.458 e. The lowest BCUT2D eigenvalue weighted by molar-refractivity contribution is -0.137. The van der Waals surface area contributed by atoms with E-state index >= 15 is 0 Å². The summed E-state index contributed by atoms with van der Waals surface area (Å²) in [7, 11) is 0. The number of ether oxygens (including phenoxy) is 1. The Balaban J connectivity index is 3.72. The lowest BCUT2D eigenvalue weighted by Crippen LogP contribution is -2.05. The van der Waals surface area contributed by atoms with Crippen molar-refractivity contribution in [2.45, 2.75) is 20.8 Å². The van der Waals surface area contributed by atoms with Crippen LogP contribution >= 0.6 is 0 Å². The van der Waals surface area contributed by atoms with Crippen LogP contribution in [0.3, 0.4) is 0 Å². The zero-order valence-electron chi connectivity index (χ0n) is 8.41. The number of esters is 1. The van der Waals surface area contributed by atoms with Crippen molar-refractivity contribution in [3.8, 4) is 0 Å². The van der Waals surface area contributed by atoms with Gasteiger partial charge in [-0.15, -0.1) is 0 Å². The fourth-order valence-electron chi connectivity index (χ4n) is 0.601. The van der Waals surface area contributed by atoms with E-state index in [1.54, 1.807) is 19.1 Å². The van der Waals surface area contributed by atoms with E-state index in [9.17, 15) is 4.79 Å². The van der Waals surface area contributed by atoms with Gasteiger partial charge in [0.2, 0.25) is 0 Å². The van der Waals surface area contributed by atoms with Gasteiger partial charge in [-0.3, -0.25) is 0 Å². The third kappa shape index (κ3) is 5.91. The first-order valence-corrected chi connectivity index (χ1v) is 4.30. The first-order chi connectivity index (χ1) is 6.22. The number of rotatable bonds is 4. The van der Waals surface area contributed by atoms with Gasteiger partial charge in [-0.1, -0.05) is 24.3 Å². The minimum absolute atomic E-state index is 0.257. The van der Waals surface area contributed by atoms with Gasteiger partial charge in [-0.2, -0.15) is 0 Å². The maximum atomic E-state index is 11.1. The molecule has 0 aromatic carbocycles. The monoisotopic (exact) mass is 180 g/mol. The Morgan fingerprint density at radius 2 is 2.00 bits per heavy atom. The molecule has 0 bridgehead atoms. The van der Waals surface area contributed by atoms with Crippen molar-refractivity contribution in [3.05, 3.63) is 36.0 Å². The molecule has 0 aromatic rings. The van der Waals surface area contributed by atoms with Gasteiger partial charge in [-0.25, -0.2) is 4.79 Å². The average molecular weight is 180 g/mol. The Labute approximate surface area is 79.6 Å². The second-order valence-electron chi connectivity index (χ2n) is 2.52. The summed E-state index contributed by atoms with van der Waals surface area (Å²) >= 11 is 0. The largest absolute Gasteiger partial charge is 0.458 e. The quantitative estimate of drug-likeness (QED) is 0.377. The molecule has 2 heteroatoms. The highest BCUT2D eigenvalue weighted by Gasteiger charge is 2.01. The Kier molecular flexibility index (Phi) is 6.60. The van der Waals surface area contributed by atoms with Crippen LogP contribution in [0.2, 0.25) is 0 Å². The number of hydrogen-bond donors (Lipinski definition) is 0. The predicted octanol–water partition coefficient (Wildman–Crippen LogP) is 2.63. The highest BCUT2D eigenvalue weighted by molar-refractivity contribution is 5.87. The molecule has 0 aliphatic heterocycles. The van der Waals surface area contributed by atoms with Crippen LogP contribution in [-0.4, -0.2) is 12.6 Å². The number of allylic oxidation sites excluding steroid dienone is 4. The third-order valence-electron chi connectivity index (χ3n) is 1.51. The Morgan fingerprint density at radius 1 is 1.31 bits per heavy atom. The van der Waals surface area contributed by atoms with Crippen molar-refractivity contribution >= 4 is 5.97 Å². The molecule has 0 aliphatic rings. The maximum absolute atomic E-state index is 11.1. The van der Waals surface area contributed by atoms with E-state index in [0.717, 1.165) is 0 Å². The smallest absolute Gasteiger partial charge is 0.333 e. The van der Waals surface area contributed by atoms with Gasteiger partial charge >= 0.3 is 5.97 Å². The maximum Gasteiger partial charge on any atom is 0.333 e. The molecule has 0 N–H and O–H groups in total. The van der Waals surface area contributed by atoms with Crippen LogP contribution in [0.4, 0.5) is 0 Å². The molecule has 0 saturated heterocycles. The van der Waals surface area contributed by atoms with Gasteiger partial charge in [0.1, 0.15) is 6.61 Å². The molecule has 0 fully saturated rings. The van der Waals surface area contributed by atoms with Crippen molar-refractivity contribution in [1.82, 2.24) is 0 Å². The number of carbonyl (C=O) groups excluding carboxylic acids is 1. The van der Waals surface area contributed by atoms with Gasteiger partial charge in [-0.05, 0) is 26.8 Å². The number of carbonyl (C=O) groups is 1. The molecule has 0 radical (unpaired) electrons. The van der Waals surface area contributed by atoms with Crippen molar-refractivity contribution in [2.24, 2.45) is 0 Å². The molecule has 13 heavy (non-hydrogen) atoms. The minimum atomic E-state index is -0.257. The van der Waals surface area contributed by atoms with E-state index in [1.165, 1.54) is 0 Å². The second kappa shape index (κ2) is 7.35. The van der Waals surface area contributed by atoms with Crippen LogP contribution in [0.15, 0.2) is 36.0 Å². The zero-order chi connectivity index (χ0) is 10.1. The van der Waals surface area contributed by atoms with E-state index in [0.29, 0.717) is 12.2 Å². The molecule has 0 amide bonds. The molecule has 72 valence electrons. The molecule has 0 rings (SSSR count). The third-order valence-corrected chi connectivity index (χ3v) is 1.51. The van der Waals surface area contributed by atoms with Crippen molar-refractivity contribution in [3.63, 3.8) is 0 Å². The van der Waals surface area contributed by atoms with Crippen LogP contribution in [0.25, 0.3) is 0 Å². The molecule has 0 unspecified atom stereocenters. The summed E-state index contributed by atoms with van der Waals surface area (Å²) in [6.45, 7) is 5.80. The molecule has 0 saturated carbocycles. The molecule has 2 nitrogen and oxygen atoms in total. The van der Waals surface area contributed by atoms with E-state index in [1.807, 2.05) is 32.1 Å². The summed E-state index contributed by atoms with van der Waals surface area (Å²) in [6, 6.07) is 0. The molecular weight excluding hydrogens is 164 g/mol. The fourth-order valence-corrected chi connectivity index (χ4v) is 0.601. The molecular formula is C11H16O2. The van der Waals surface area contributed by atoms with Gasteiger partial charge < -0.3 is 4.74 Å². The van der Waals surface area contributed by atoms with Crippen molar-refractivity contribution in [2.75, 3.05) is 6.61 Å². The van der Waals surface area contributed by atoms with Gasteiger partial charge in [0, 0.05) is 5.57 Å². The normalized spacial score (nSPS) is 12.7. The van der Waals surface area contributed by atoms with Crippen molar-refractivity contribution in [1.29, 1.82) is 0 Å². The van der Waals surface area contributed by atoms with Crippen LogP contribution in [0.1, 0.15) is 20.8 Å². The molecule has 0 aliphatic carbocycles. The Hall–Kier alpha value is -1.31. The second-order valence-corrected chi connectivity index (χ2v) is 2.52. The first kappa shape index (κ1) is 11.7. The Bertz CT molecular complexity index is 234. The zero-order valence-corrected chi connectivity index (χ0v) is 8.41. The van der Waals surface area contributed by atoms with Crippen LogP contribution in [-0.2, 0) is 9.53 Å². The average Bonchev–Trinajstić information content (AvgIpc) is 2.16. The van der Waals surface area contributed by atoms with Gasteiger partial charge in [0.15, 0.2) is 0 Å². The van der Waals surface area contributed by atoms with Crippen LogP contribution in [0.5, 0.6) is 0 Å². The molecule has 0 spiro atoms. The molecule has 0 aromatic heterocycles. The highest BCUT2D eigenvalue weighted by Crippen LogP contribution is 1.95. The predicted molar refractivity (Wildman–Crippen MR) is 54.3 cm³/mol. The standard InChI is InChI=1S/C11H16O2/c1-4-6-7-8-9-13-11(12)10(3)5-2/h4-8H,9H2,1-3H3/b6-4+,8-7+,10-5-. The SMILES string of the molecule is C/C=C(/C)C(=O)OC/C=C/C=C/C. The molecule has 0 atom stereocenters. The number of hydrogen-bond acceptors (Lipinski definition) is 2. The summed E-state index contributed by atoms with van der Waals surface area (Å²) in [6.07, 6.45) is 9.17. The summed E-state index contributed by atoms with van der Waals surface area (Å²) in [4.78, 5) is 11.1. The highest BCUT2D eigenvalue weighted by atomic mass is 16.5. The Morgan fingerprint density at radius 3 is 2.54 bits per heavy atom. The van der Waals surface area contributed by atoms with E-state index in [4.69, 9.17) is 4.74 Å². The topological polar surface area (TPSA) is 26.3 Å².